The molecule has 120 valence electrons. The van der Waals surface area contributed by atoms with E-state index in [0.29, 0.717) is 25.9 Å². The van der Waals surface area contributed by atoms with Crippen LogP contribution in [0.3, 0.4) is 0 Å². The van der Waals surface area contributed by atoms with E-state index in [2.05, 4.69) is 12.2 Å². The van der Waals surface area contributed by atoms with Gasteiger partial charge in [0.1, 0.15) is 0 Å². The number of rotatable bonds is 6. The normalized spacial score (nSPS) is 20.9. The number of likely N-dealkylation sites (tertiary alicyclic amines) is 1. The van der Waals surface area contributed by atoms with Gasteiger partial charge in [0.15, 0.2) is 0 Å². The number of hydrogen-bond acceptors (Lipinski definition) is 3. The Morgan fingerprint density at radius 3 is 2.68 bits per heavy atom. The van der Waals surface area contributed by atoms with E-state index in [0.717, 1.165) is 25.1 Å². The van der Waals surface area contributed by atoms with E-state index in [9.17, 15) is 9.59 Å². The van der Waals surface area contributed by atoms with Gasteiger partial charge in [0.25, 0.3) is 0 Å². The average molecular weight is 303 g/mol. The number of carbonyl (C=O) groups excluding carboxylic acids is 2. The lowest BCUT2D eigenvalue weighted by molar-refractivity contribution is -0.130. The Hall–Kier alpha value is -1.88. The maximum atomic E-state index is 12.1. The van der Waals surface area contributed by atoms with Gasteiger partial charge < -0.3 is 16.0 Å². The summed E-state index contributed by atoms with van der Waals surface area (Å²) in [5.41, 5.74) is 6.77. The first-order chi connectivity index (χ1) is 10.5. The lowest BCUT2D eigenvalue weighted by Crippen LogP contribution is -2.36. The van der Waals surface area contributed by atoms with Crippen LogP contribution in [-0.2, 0) is 16.0 Å². The molecule has 1 aliphatic heterocycles. The maximum Gasteiger partial charge on any atom is 0.224 e. The standard InChI is InChI=1S/C17H25N3O2/c1-17(12-18)8-10-20(13-17)16(22)7-9-19-15(21)11-14-5-3-2-4-6-14/h2-6H,7-13,18H2,1H3,(H,19,21). The molecule has 5 heteroatoms. The fourth-order valence-electron chi connectivity index (χ4n) is 2.71. The number of benzene rings is 1. The highest BCUT2D eigenvalue weighted by atomic mass is 16.2. The summed E-state index contributed by atoms with van der Waals surface area (Å²) in [5, 5.41) is 2.81. The van der Waals surface area contributed by atoms with Gasteiger partial charge in [0, 0.05) is 26.1 Å². The third kappa shape index (κ3) is 4.56. The lowest BCUT2D eigenvalue weighted by atomic mass is 9.90. The highest BCUT2D eigenvalue weighted by Crippen LogP contribution is 2.28. The van der Waals surface area contributed by atoms with Crippen LogP contribution in [-0.4, -0.2) is 42.9 Å². The summed E-state index contributed by atoms with van der Waals surface area (Å²) in [4.78, 5) is 25.8. The van der Waals surface area contributed by atoms with Gasteiger partial charge in [-0.25, -0.2) is 0 Å². The van der Waals surface area contributed by atoms with Crippen LogP contribution in [0.2, 0.25) is 0 Å². The van der Waals surface area contributed by atoms with Crippen molar-refractivity contribution >= 4 is 11.8 Å². The highest BCUT2D eigenvalue weighted by molar-refractivity contribution is 5.80. The van der Waals surface area contributed by atoms with Crippen LogP contribution < -0.4 is 11.1 Å². The van der Waals surface area contributed by atoms with Crippen molar-refractivity contribution in [2.45, 2.75) is 26.2 Å². The first-order valence-electron chi connectivity index (χ1n) is 7.81. The smallest absolute Gasteiger partial charge is 0.224 e. The second kappa shape index (κ2) is 7.40. The Kier molecular flexibility index (Phi) is 5.55. The Bertz CT molecular complexity index is 518. The van der Waals surface area contributed by atoms with E-state index >= 15 is 0 Å². The van der Waals surface area contributed by atoms with Gasteiger partial charge in [0.05, 0.1) is 6.42 Å². The molecule has 1 unspecified atom stereocenters. The molecule has 1 aromatic rings. The van der Waals surface area contributed by atoms with Gasteiger partial charge in [-0.05, 0) is 23.9 Å². The van der Waals surface area contributed by atoms with Crippen LogP contribution >= 0.6 is 0 Å². The fourth-order valence-corrected chi connectivity index (χ4v) is 2.71. The molecule has 5 nitrogen and oxygen atoms in total. The van der Waals surface area contributed by atoms with Gasteiger partial charge in [-0.15, -0.1) is 0 Å². The summed E-state index contributed by atoms with van der Waals surface area (Å²) in [6.45, 7) is 4.59. The third-order valence-corrected chi connectivity index (χ3v) is 4.27. The number of nitrogens with zero attached hydrogens (tertiary/aromatic N) is 1. The van der Waals surface area contributed by atoms with Crippen molar-refractivity contribution in [2.75, 3.05) is 26.2 Å². The molecule has 0 radical (unpaired) electrons. The van der Waals surface area contributed by atoms with E-state index in [1.165, 1.54) is 0 Å². The van der Waals surface area contributed by atoms with Gasteiger partial charge in [-0.3, -0.25) is 9.59 Å². The third-order valence-electron chi connectivity index (χ3n) is 4.27. The summed E-state index contributed by atoms with van der Waals surface area (Å²) in [7, 11) is 0. The van der Waals surface area contributed by atoms with Gasteiger partial charge in [-0.2, -0.15) is 0 Å². The molecule has 0 bridgehead atoms. The van der Waals surface area contributed by atoms with Crippen molar-refractivity contribution in [3.63, 3.8) is 0 Å². The van der Waals surface area contributed by atoms with E-state index in [1.54, 1.807) is 0 Å². The second-order valence-corrected chi connectivity index (χ2v) is 6.34. The molecule has 22 heavy (non-hydrogen) atoms. The summed E-state index contributed by atoms with van der Waals surface area (Å²) >= 11 is 0. The quantitative estimate of drug-likeness (QED) is 0.821. The van der Waals surface area contributed by atoms with Crippen molar-refractivity contribution in [3.8, 4) is 0 Å². The van der Waals surface area contributed by atoms with E-state index in [-0.39, 0.29) is 17.2 Å². The minimum Gasteiger partial charge on any atom is -0.355 e. The molecule has 0 aromatic heterocycles. The molecule has 1 aliphatic rings. The summed E-state index contributed by atoms with van der Waals surface area (Å²) in [6, 6.07) is 9.58. The summed E-state index contributed by atoms with van der Waals surface area (Å²) in [5.74, 6) is 0.0457. The number of amides is 2. The van der Waals surface area contributed by atoms with E-state index < -0.39 is 0 Å². The van der Waals surface area contributed by atoms with E-state index in [1.807, 2.05) is 35.2 Å². The predicted octanol–water partition coefficient (Wildman–Crippen LogP) is 0.933. The largest absolute Gasteiger partial charge is 0.355 e. The number of carbonyl (C=O) groups is 2. The van der Waals surface area contributed by atoms with Crippen molar-refractivity contribution < 1.29 is 9.59 Å². The van der Waals surface area contributed by atoms with Crippen LogP contribution in [0, 0.1) is 5.41 Å². The highest BCUT2D eigenvalue weighted by Gasteiger charge is 2.34. The molecule has 1 aromatic carbocycles. The van der Waals surface area contributed by atoms with Gasteiger partial charge in [-0.1, -0.05) is 37.3 Å². The first-order valence-corrected chi connectivity index (χ1v) is 7.81. The van der Waals surface area contributed by atoms with Crippen LogP contribution in [0.15, 0.2) is 30.3 Å². The minimum atomic E-state index is -0.0489. The van der Waals surface area contributed by atoms with Crippen molar-refractivity contribution in [1.82, 2.24) is 10.2 Å². The van der Waals surface area contributed by atoms with Gasteiger partial charge in [0.2, 0.25) is 11.8 Å². The number of nitrogens with one attached hydrogen (secondary N) is 1. The molecule has 1 heterocycles. The molecule has 1 fully saturated rings. The molecule has 1 atom stereocenters. The zero-order valence-electron chi connectivity index (χ0n) is 13.2. The van der Waals surface area contributed by atoms with Crippen molar-refractivity contribution in [1.29, 1.82) is 0 Å². The maximum absolute atomic E-state index is 12.1. The minimum absolute atomic E-state index is 0.0478. The monoisotopic (exact) mass is 303 g/mol. The Morgan fingerprint density at radius 2 is 2.05 bits per heavy atom. The van der Waals surface area contributed by atoms with Crippen LogP contribution in [0.1, 0.15) is 25.3 Å². The Morgan fingerprint density at radius 1 is 1.32 bits per heavy atom. The Labute approximate surface area is 131 Å². The topological polar surface area (TPSA) is 75.4 Å². The second-order valence-electron chi connectivity index (χ2n) is 6.34. The van der Waals surface area contributed by atoms with Crippen LogP contribution in [0.5, 0.6) is 0 Å². The fraction of sp³-hybridized carbons (Fsp3) is 0.529. The van der Waals surface area contributed by atoms with Gasteiger partial charge >= 0.3 is 0 Å². The lowest BCUT2D eigenvalue weighted by Gasteiger charge is -2.22. The zero-order valence-corrected chi connectivity index (χ0v) is 13.2. The molecule has 1 saturated heterocycles. The molecule has 0 spiro atoms. The molecule has 3 N–H and O–H groups in total. The number of hydrogen-bond donors (Lipinski definition) is 2. The molecular formula is C17H25N3O2. The number of nitrogens with two attached hydrogens (primary N) is 1. The van der Waals surface area contributed by atoms with Crippen LogP contribution in [0.4, 0.5) is 0 Å². The van der Waals surface area contributed by atoms with E-state index in [4.69, 9.17) is 5.73 Å². The summed E-state index contributed by atoms with van der Waals surface area (Å²) in [6.07, 6.45) is 1.65. The van der Waals surface area contributed by atoms with Crippen molar-refractivity contribution in [3.05, 3.63) is 35.9 Å². The average Bonchev–Trinajstić information content (AvgIpc) is 2.91. The van der Waals surface area contributed by atoms with Crippen molar-refractivity contribution in [2.24, 2.45) is 11.1 Å². The summed E-state index contributed by atoms with van der Waals surface area (Å²) < 4.78 is 0. The Balaban J connectivity index is 1.68. The molecule has 0 saturated carbocycles. The molecule has 2 rings (SSSR count). The molecular weight excluding hydrogens is 278 g/mol. The zero-order chi connectivity index (χ0) is 16.0. The molecule has 0 aliphatic carbocycles. The first kappa shape index (κ1) is 16.5. The SMILES string of the molecule is CC1(CN)CCN(C(=O)CCNC(=O)Cc2ccccc2)C1. The van der Waals surface area contributed by atoms with Crippen LogP contribution in [0.25, 0.3) is 0 Å². The molecule has 2 amide bonds. The predicted molar refractivity (Wildman–Crippen MR) is 86.1 cm³/mol.